The van der Waals surface area contributed by atoms with Crippen LogP contribution in [-0.4, -0.2) is 17.1 Å². The van der Waals surface area contributed by atoms with E-state index in [1.54, 1.807) is 19.2 Å². The molecular formula is C18H21N3O3S. The summed E-state index contributed by atoms with van der Waals surface area (Å²) in [6, 6.07) is 12.1. The summed E-state index contributed by atoms with van der Waals surface area (Å²) < 4.78 is 5.38. The zero-order chi connectivity index (χ0) is 18.6. The van der Waals surface area contributed by atoms with Gasteiger partial charge in [-0.3, -0.25) is 10.1 Å². The summed E-state index contributed by atoms with van der Waals surface area (Å²) in [5.74, 6) is 0.663. The van der Waals surface area contributed by atoms with Crippen molar-refractivity contribution in [3.8, 4) is 5.75 Å². The lowest BCUT2D eigenvalue weighted by Gasteiger charge is -2.21. The maximum Gasteiger partial charge on any atom is 0.271 e. The van der Waals surface area contributed by atoms with Gasteiger partial charge in [-0.05, 0) is 41.4 Å². The van der Waals surface area contributed by atoms with E-state index in [4.69, 9.17) is 17.0 Å². The fraction of sp³-hybridized carbons (Fsp3) is 0.278. The standard InChI is InChI=1S/C18H21N3O3S/c1-18(2,3)12-8-9-16(24-4)15(10-12)20-17(25)19-13-6-5-7-14(11-13)21(22)23/h5-11H,1-4H3,(H2,19,20,25). The molecule has 0 radical (unpaired) electrons. The minimum atomic E-state index is -0.447. The summed E-state index contributed by atoms with van der Waals surface area (Å²) in [7, 11) is 1.59. The molecule has 0 heterocycles. The molecule has 2 N–H and O–H groups in total. The first-order valence-electron chi connectivity index (χ1n) is 7.71. The number of nitrogens with one attached hydrogen (secondary N) is 2. The van der Waals surface area contributed by atoms with E-state index < -0.39 is 4.92 Å². The van der Waals surface area contributed by atoms with Crippen molar-refractivity contribution in [2.24, 2.45) is 0 Å². The average molecular weight is 359 g/mol. The second-order valence-electron chi connectivity index (χ2n) is 6.55. The van der Waals surface area contributed by atoms with E-state index in [0.717, 1.165) is 11.3 Å². The second-order valence-corrected chi connectivity index (χ2v) is 6.96. The van der Waals surface area contributed by atoms with Crippen LogP contribution in [0, 0.1) is 10.1 Å². The topological polar surface area (TPSA) is 76.4 Å². The van der Waals surface area contributed by atoms with Crippen molar-refractivity contribution in [1.29, 1.82) is 0 Å². The van der Waals surface area contributed by atoms with Gasteiger partial charge in [-0.25, -0.2) is 0 Å². The Morgan fingerprint density at radius 1 is 1.16 bits per heavy atom. The zero-order valence-corrected chi connectivity index (χ0v) is 15.4. The quantitative estimate of drug-likeness (QED) is 0.468. The van der Waals surface area contributed by atoms with Crippen LogP contribution in [-0.2, 0) is 5.41 Å². The predicted octanol–water partition coefficient (Wildman–Crippen LogP) is 4.71. The number of benzene rings is 2. The molecule has 2 rings (SSSR count). The Morgan fingerprint density at radius 2 is 1.88 bits per heavy atom. The fourth-order valence-electron chi connectivity index (χ4n) is 2.25. The summed E-state index contributed by atoms with van der Waals surface area (Å²) in [5, 5.41) is 17.2. The zero-order valence-electron chi connectivity index (χ0n) is 14.6. The molecule has 25 heavy (non-hydrogen) atoms. The van der Waals surface area contributed by atoms with Crippen molar-refractivity contribution in [2.45, 2.75) is 26.2 Å². The molecule has 0 aliphatic heterocycles. The summed E-state index contributed by atoms with van der Waals surface area (Å²) in [4.78, 5) is 10.4. The summed E-state index contributed by atoms with van der Waals surface area (Å²) in [6.45, 7) is 6.37. The first-order valence-corrected chi connectivity index (χ1v) is 8.12. The SMILES string of the molecule is COc1ccc(C(C)(C)C)cc1NC(=S)Nc1cccc([N+](=O)[O-])c1. The van der Waals surface area contributed by atoms with Gasteiger partial charge in [-0.1, -0.05) is 32.9 Å². The summed E-state index contributed by atoms with van der Waals surface area (Å²) in [5.41, 5.74) is 2.39. The van der Waals surface area contributed by atoms with E-state index in [-0.39, 0.29) is 11.1 Å². The number of hydrogen-bond acceptors (Lipinski definition) is 4. The van der Waals surface area contributed by atoms with Gasteiger partial charge in [0.25, 0.3) is 5.69 Å². The molecule has 2 aromatic rings. The van der Waals surface area contributed by atoms with Crippen LogP contribution in [0.1, 0.15) is 26.3 Å². The minimum Gasteiger partial charge on any atom is -0.495 e. The van der Waals surface area contributed by atoms with Crippen LogP contribution in [0.15, 0.2) is 42.5 Å². The Kier molecular flexibility index (Phi) is 5.58. The number of rotatable bonds is 4. The Bertz CT molecular complexity index is 800. The molecular weight excluding hydrogens is 338 g/mol. The third-order valence-electron chi connectivity index (χ3n) is 3.63. The largest absolute Gasteiger partial charge is 0.495 e. The van der Waals surface area contributed by atoms with Gasteiger partial charge in [0.15, 0.2) is 5.11 Å². The number of nitro benzene ring substituents is 1. The highest BCUT2D eigenvalue weighted by Gasteiger charge is 2.16. The summed E-state index contributed by atoms with van der Waals surface area (Å²) in [6.07, 6.45) is 0. The highest BCUT2D eigenvalue weighted by atomic mass is 32.1. The number of hydrogen-bond donors (Lipinski definition) is 2. The smallest absolute Gasteiger partial charge is 0.271 e. The number of methoxy groups -OCH3 is 1. The average Bonchev–Trinajstić information content (AvgIpc) is 2.54. The first kappa shape index (κ1) is 18.7. The third kappa shape index (κ3) is 4.90. The molecule has 0 bridgehead atoms. The molecule has 0 unspecified atom stereocenters. The van der Waals surface area contributed by atoms with E-state index in [0.29, 0.717) is 16.5 Å². The number of nitrogens with zero attached hydrogens (tertiary/aromatic N) is 1. The Hall–Kier alpha value is -2.67. The highest BCUT2D eigenvalue weighted by Crippen LogP contribution is 2.31. The van der Waals surface area contributed by atoms with E-state index in [1.165, 1.54) is 12.1 Å². The normalized spacial score (nSPS) is 10.9. The molecule has 0 saturated heterocycles. The number of anilines is 2. The molecule has 0 amide bonds. The Balaban J connectivity index is 2.20. The molecule has 0 fully saturated rings. The Morgan fingerprint density at radius 3 is 2.48 bits per heavy atom. The van der Waals surface area contributed by atoms with E-state index >= 15 is 0 Å². The van der Waals surface area contributed by atoms with Gasteiger partial charge < -0.3 is 15.4 Å². The maximum absolute atomic E-state index is 10.9. The molecule has 0 aliphatic carbocycles. The number of non-ortho nitro benzene ring substituents is 1. The number of ether oxygens (including phenoxy) is 1. The molecule has 0 spiro atoms. The molecule has 0 aromatic heterocycles. The first-order chi connectivity index (χ1) is 11.7. The molecule has 0 atom stereocenters. The van der Waals surface area contributed by atoms with Crippen LogP contribution in [0.5, 0.6) is 5.75 Å². The van der Waals surface area contributed by atoms with Gasteiger partial charge in [-0.2, -0.15) is 0 Å². The van der Waals surface area contributed by atoms with Crippen LogP contribution in [0.25, 0.3) is 0 Å². The third-order valence-corrected chi connectivity index (χ3v) is 3.83. The van der Waals surface area contributed by atoms with Crippen molar-refractivity contribution >= 4 is 34.4 Å². The predicted molar refractivity (Wildman–Crippen MR) is 105 cm³/mol. The van der Waals surface area contributed by atoms with Crippen LogP contribution in [0.4, 0.5) is 17.1 Å². The Labute approximate surface area is 152 Å². The number of thiocarbonyl (C=S) groups is 1. The molecule has 7 heteroatoms. The van der Waals surface area contributed by atoms with Gasteiger partial charge in [0.1, 0.15) is 5.75 Å². The number of nitro groups is 1. The van der Waals surface area contributed by atoms with E-state index in [1.807, 2.05) is 18.2 Å². The highest BCUT2D eigenvalue weighted by molar-refractivity contribution is 7.80. The van der Waals surface area contributed by atoms with Crippen molar-refractivity contribution < 1.29 is 9.66 Å². The van der Waals surface area contributed by atoms with Crippen molar-refractivity contribution in [1.82, 2.24) is 0 Å². The van der Waals surface area contributed by atoms with Crippen LogP contribution in [0.3, 0.4) is 0 Å². The van der Waals surface area contributed by atoms with E-state index in [2.05, 4.69) is 31.4 Å². The van der Waals surface area contributed by atoms with Gasteiger partial charge in [0.05, 0.1) is 17.7 Å². The van der Waals surface area contributed by atoms with Crippen LogP contribution < -0.4 is 15.4 Å². The summed E-state index contributed by atoms with van der Waals surface area (Å²) >= 11 is 5.32. The van der Waals surface area contributed by atoms with Crippen molar-refractivity contribution in [2.75, 3.05) is 17.7 Å². The lowest BCUT2D eigenvalue weighted by Crippen LogP contribution is -2.20. The van der Waals surface area contributed by atoms with Crippen LogP contribution >= 0.6 is 12.2 Å². The molecule has 6 nitrogen and oxygen atoms in total. The molecule has 132 valence electrons. The van der Waals surface area contributed by atoms with Crippen molar-refractivity contribution in [3.05, 3.63) is 58.1 Å². The molecule has 0 aliphatic rings. The molecule has 2 aromatic carbocycles. The fourth-order valence-corrected chi connectivity index (χ4v) is 2.48. The van der Waals surface area contributed by atoms with Crippen molar-refractivity contribution in [3.63, 3.8) is 0 Å². The maximum atomic E-state index is 10.9. The van der Waals surface area contributed by atoms with E-state index in [9.17, 15) is 10.1 Å². The minimum absolute atomic E-state index is 0.000102. The second kappa shape index (κ2) is 7.48. The van der Waals surface area contributed by atoms with Crippen LogP contribution in [0.2, 0.25) is 0 Å². The van der Waals surface area contributed by atoms with Gasteiger partial charge >= 0.3 is 0 Å². The van der Waals surface area contributed by atoms with Gasteiger partial charge in [-0.15, -0.1) is 0 Å². The van der Waals surface area contributed by atoms with Gasteiger partial charge in [0, 0.05) is 17.8 Å². The lowest BCUT2D eigenvalue weighted by molar-refractivity contribution is -0.384. The molecule has 0 saturated carbocycles. The monoisotopic (exact) mass is 359 g/mol. The van der Waals surface area contributed by atoms with Gasteiger partial charge in [0.2, 0.25) is 0 Å². The lowest BCUT2D eigenvalue weighted by atomic mass is 9.87.